The number of hydrogen-bond acceptors (Lipinski definition) is 6. The second kappa shape index (κ2) is 7.48. The van der Waals surface area contributed by atoms with Gasteiger partial charge < -0.3 is 4.74 Å². The average molecular weight is 395 g/mol. The van der Waals surface area contributed by atoms with E-state index in [2.05, 4.69) is 9.71 Å². The summed E-state index contributed by atoms with van der Waals surface area (Å²) in [7, 11) is -3.93. The number of benzene rings is 1. The first-order valence-electron chi connectivity index (χ1n) is 6.40. The van der Waals surface area contributed by atoms with E-state index in [-0.39, 0.29) is 33.1 Å². The van der Waals surface area contributed by atoms with Gasteiger partial charge in [0.05, 0.1) is 18.1 Å². The van der Waals surface area contributed by atoms with Crippen LogP contribution in [-0.2, 0) is 26.0 Å². The molecule has 124 valence electrons. The molecule has 1 aromatic heterocycles. The van der Waals surface area contributed by atoms with Gasteiger partial charge in [0.25, 0.3) is 10.0 Å². The van der Waals surface area contributed by atoms with Gasteiger partial charge in [0.15, 0.2) is 5.13 Å². The Morgan fingerprint density at radius 3 is 2.83 bits per heavy atom. The third kappa shape index (κ3) is 4.81. The Bertz CT molecular complexity index is 821. The number of esters is 1. The van der Waals surface area contributed by atoms with Gasteiger partial charge in [-0.25, -0.2) is 13.4 Å². The maximum absolute atomic E-state index is 12.3. The van der Waals surface area contributed by atoms with E-state index < -0.39 is 16.0 Å². The minimum absolute atomic E-state index is 0.0329. The molecule has 0 saturated carbocycles. The molecule has 0 aliphatic rings. The topological polar surface area (TPSA) is 85.4 Å². The summed E-state index contributed by atoms with van der Waals surface area (Å²) in [5.74, 6) is -0.400. The van der Waals surface area contributed by atoms with Gasteiger partial charge in [-0.05, 0) is 25.1 Å². The Balaban J connectivity index is 2.17. The molecule has 6 nitrogen and oxygen atoms in total. The van der Waals surface area contributed by atoms with E-state index in [1.165, 1.54) is 24.4 Å². The van der Waals surface area contributed by atoms with Gasteiger partial charge in [0.2, 0.25) is 0 Å². The Kier molecular flexibility index (Phi) is 5.85. The first-order chi connectivity index (χ1) is 10.8. The molecular weight excluding hydrogens is 383 g/mol. The number of ether oxygens (including phenoxy) is 1. The number of rotatable bonds is 6. The number of halogens is 2. The molecule has 0 atom stereocenters. The quantitative estimate of drug-likeness (QED) is 0.759. The zero-order valence-corrected chi connectivity index (χ0v) is 15.0. The Morgan fingerprint density at radius 1 is 1.39 bits per heavy atom. The molecule has 10 heteroatoms. The Hall–Kier alpha value is -1.35. The predicted molar refractivity (Wildman–Crippen MR) is 89.7 cm³/mol. The van der Waals surface area contributed by atoms with Crippen LogP contribution in [0.5, 0.6) is 0 Å². The fourth-order valence-electron chi connectivity index (χ4n) is 1.64. The molecule has 1 N–H and O–H groups in total. The van der Waals surface area contributed by atoms with Crippen LogP contribution in [0.3, 0.4) is 0 Å². The molecule has 0 fully saturated rings. The van der Waals surface area contributed by atoms with E-state index in [0.717, 1.165) is 11.3 Å². The molecule has 0 amide bonds. The molecule has 0 bridgehead atoms. The number of thiazole rings is 1. The van der Waals surface area contributed by atoms with E-state index in [9.17, 15) is 13.2 Å². The number of carbonyl (C=O) groups excluding carboxylic acids is 1. The molecule has 1 aromatic carbocycles. The number of hydrogen-bond donors (Lipinski definition) is 1. The summed E-state index contributed by atoms with van der Waals surface area (Å²) in [6.45, 7) is 1.99. The zero-order chi connectivity index (χ0) is 17.0. The predicted octanol–water partition coefficient (Wildman–Crippen LogP) is 3.36. The minimum atomic E-state index is -3.93. The van der Waals surface area contributed by atoms with Gasteiger partial charge in [-0.3, -0.25) is 9.52 Å². The molecule has 0 unspecified atom stereocenters. The van der Waals surface area contributed by atoms with Crippen LogP contribution in [0.15, 0.2) is 29.3 Å². The number of nitrogens with zero attached hydrogens (tertiary/aromatic N) is 1. The highest BCUT2D eigenvalue weighted by Gasteiger charge is 2.20. The molecule has 0 radical (unpaired) electrons. The van der Waals surface area contributed by atoms with Gasteiger partial charge in [-0.1, -0.05) is 23.2 Å². The normalized spacial score (nSPS) is 11.3. The van der Waals surface area contributed by atoms with E-state index >= 15 is 0 Å². The second-order valence-electron chi connectivity index (χ2n) is 4.29. The van der Waals surface area contributed by atoms with Gasteiger partial charge in [0.1, 0.15) is 4.90 Å². The smallest absolute Gasteiger partial charge is 0.311 e. The van der Waals surface area contributed by atoms with E-state index in [0.29, 0.717) is 4.88 Å². The average Bonchev–Trinajstić information content (AvgIpc) is 2.88. The highest BCUT2D eigenvalue weighted by atomic mass is 35.5. The van der Waals surface area contributed by atoms with E-state index in [4.69, 9.17) is 27.9 Å². The van der Waals surface area contributed by atoms with Crippen LogP contribution in [0.1, 0.15) is 11.8 Å². The highest BCUT2D eigenvalue weighted by Crippen LogP contribution is 2.28. The fourth-order valence-corrected chi connectivity index (χ4v) is 4.45. The first-order valence-corrected chi connectivity index (χ1v) is 9.45. The van der Waals surface area contributed by atoms with Gasteiger partial charge in [-0.15, -0.1) is 11.3 Å². The van der Waals surface area contributed by atoms with Gasteiger partial charge in [-0.2, -0.15) is 0 Å². The van der Waals surface area contributed by atoms with Crippen LogP contribution in [0.2, 0.25) is 10.0 Å². The van der Waals surface area contributed by atoms with Gasteiger partial charge in [0, 0.05) is 16.1 Å². The van der Waals surface area contributed by atoms with Crippen LogP contribution < -0.4 is 4.72 Å². The van der Waals surface area contributed by atoms with Crippen molar-refractivity contribution in [2.24, 2.45) is 0 Å². The number of aromatic nitrogens is 1. The van der Waals surface area contributed by atoms with E-state index in [1.54, 1.807) is 6.92 Å². The van der Waals surface area contributed by atoms with Crippen LogP contribution in [0, 0.1) is 0 Å². The number of anilines is 1. The van der Waals surface area contributed by atoms with Crippen LogP contribution in [0.25, 0.3) is 0 Å². The molecule has 2 aromatic rings. The third-order valence-corrected chi connectivity index (χ3v) is 5.68. The monoisotopic (exact) mass is 394 g/mol. The van der Waals surface area contributed by atoms with Gasteiger partial charge >= 0.3 is 5.97 Å². The maximum atomic E-state index is 12.3. The van der Waals surface area contributed by atoms with Crippen molar-refractivity contribution in [2.75, 3.05) is 11.3 Å². The van der Waals surface area contributed by atoms with Crippen molar-refractivity contribution in [3.8, 4) is 0 Å². The molecule has 2 rings (SSSR count). The summed E-state index contributed by atoms with van der Waals surface area (Å²) in [6.07, 6.45) is 1.45. The molecule has 0 spiro atoms. The standard InChI is InChI=1S/C13H12Cl2N2O4S2/c1-2-21-12(18)6-9-7-16-13(22-9)17-23(19,20)11-5-8(14)3-4-10(11)15/h3-5,7H,2,6H2,1H3,(H,16,17). The molecule has 23 heavy (non-hydrogen) atoms. The lowest BCUT2D eigenvalue weighted by molar-refractivity contribution is -0.142. The molecular formula is C13H12Cl2N2O4S2. The Morgan fingerprint density at radius 2 is 2.13 bits per heavy atom. The molecule has 0 saturated heterocycles. The van der Waals surface area contributed by atoms with Crippen molar-refractivity contribution in [1.82, 2.24) is 4.98 Å². The van der Waals surface area contributed by atoms with Crippen molar-refractivity contribution < 1.29 is 17.9 Å². The molecule has 0 aliphatic heterocycles. The van der Waals surface area contributed by atoms with Crippen molar-refractivity contribution in [3.63, 3.8) is 0 Å². The summed E-state index contributed by atoms with van der Waals surface area (Å²) in [4.78, 5) is 15.8. The van der Waals surface area contributed by atoms with Crippen LogP contribution in [-0.4, -0.2) is 26.0 Å². The lowest BCUT2D eigenvalue weighted by Crippen LogP contribution is -2.13. The van der Waals surface area contributed by atoms with Crippen molar-refractivity contribution in [2.45, 2.75) is 18.2 Å². The molecule has 1 heterocycles. The van der Waals surface area contributed by atoms with Crippen molar-refractivity contribution >= 4 is 55.7 Å². The summed E-state index contributed by atoms with van der Waals surface area (Å²) in [5, 5.41) is 0.419. The Labute approximate surface area is 147 Å². The fraction of sp³-hybridized carbons (Fsp3) is 0.231. The number of nitrogens with one attached hydrogen (secondary N) is 1. The maximum Gasteiger partial charge on any atom is 0.311 e. The second-order valence-corrected chi connectivity index (χ2v) is 7.90. The van der Waals surface area contributed by atoms with Crippen LogP contribution in [0.4, 0.5) is 5.13 Å². The lowest BCUT2D eigenvalue weighted by atomic mass is 10.4. The number of carbonyl (C=O) groups is 1. The summed E-state index contributed by atoms with van der Waals surface area (Å²) < 4.78 is 31.8. The third-order valence-electron chi connectivity index (χ3n) is 2.58. The summed E-state index contributed by atoms with van der Waals surface area (Å²) in [6, 6.07) is 4.13. The van der Waals surface area contributed by atoms with Crippen LogP contribution >= 0.6 is 34.5 Å². The lowest BCUT2D eigenvalue weighted by Gasteiger charge is -2.07. The largest absolute Gasteiger partial charge is 0.466 e. The molecule has 0 aliphatic carbocycles. The minimum Gasteiger partial charge on any atom is -0.466 e. The first kappa shape index (κ1) is 18.0. The summed E-state index contributed by atoms with van der Waals surface area (Å²) in [5.41, 5.74) is 0. The van der Waals surface area contributed by atoms with Crippen molar-refractivity contribution in [3.05, 3.63) is 39.3 Å². The summed E-state index contributed by atoms with van der Waals surface area (Å²) >= 11 is 12.7. The number of sulfonamides is 1. The van der Waals surface area contributed by atoms with E-state index in [1.807, 2.05) is 0 Å². The highest BCUT2D eigenvalue weighted by molar-refractivity contribution is 7.93. The zero-order valence-electron chi connectivity index (χ0n) is 11.9. The van der Waals surface area contributed by atoms with Crippen molar-refractivity contribution in [1.29, 1.82) is 0 Å². The SMILES string of the molecule is CCOC(=O)Cc1cnc(NS(=O)(=O)c2cc(Cl)ccc2Cl)s1.